The number of hydrogen-bond donors (Lipinski definition) is 0. The van der Waals surface area contributed by atoms with Crippen molar-refractivity contribution in [2.45, 2.75) is 32.7 Å². The summed E-state index contributed by atoms with van der Waals surface area (Å²) in [5.74, 6) is -1.46. The minimum absolute atomic E-state index is 0.153. The molecule has 1 aromatic carbocycles. The van der Waals surface area contributed by atoms with Crippen molar-refractivity contribution in [3.63, 3.8) is 0 Å². The quantitative estimate of drug-likeness (QED) is 0.783. The van der Waals surface area contributed by atoms with E-state index in [0.717, 1.165) is 25.1 Å². The molecule has 2 rings (SSSR count). The van der Waals surface area contributed by atoms with Gasteiger partial charge in [0.15, 0.2) is 17.4 Å². The minimum Gasteiger partial charge on any atom is -0.293 e. The van der Waals surface area contributed by atoms with Gasteiger partial charge < -0.3 is 0 Å². The molecule has 1 fully saturated rings. The standard InChI is InChI=1S/C15H19F2NO/c1-10-3-4-11(2)18(8-10)9-15(19)12-5-6-13(16)14(17)7-12/h5-7,10-11H,3-4,8-9H2,1-2H3. The van der Waals surface area contributed by atoms with Gasteiger partial charge in [-0.05, 0) is 43.9 Å². The normalized spacial score (nSPS) is 24.4. The zero-order chi connectivity index (χ0) is 14.0. The van der Waals surface area contributed by atoms with E-state index in [-0.39, 0.29) is 17.9 Å². The molecular weight excluding hydrogens is 248 g/mol. The van der Waals surface area contributed by atoms with Crippen molar-refractivity contribution in [1.82, 2.24) is 4.90 Å². The highest BCUT2D eigenvalue weighted by Crippen LogP contribution is 2.21. The van der Waals surface area contributed by atoms with E-state index in [4.69, 9.17) is 0 Å². The first-order chi connectivity index (χ1) is 8.97. The summed E-state index contributed by atoms with van der Waals surface area (Å²) in [7, 11) is 0. The van der Waals surface area contributed by atoms with Gasteiger partial charge in [0.05, 0.1) is 6.54 Å². The molecule has 2 unspecified atom stereocenters. The van der Waals surface area contributed by atoms with E-state index in [9.17, 15) is 13.6 Å². The summed E-state index contributed by atoms with van der Waals surface area (Å²) >= 11 is 0. The van der Waals surface area contributed by atoms with Crippen molar-refractivity contribution in [2.75, 3.05) is 13.1 Å². The Morgan fingerprint density at radius 2 is 2.00 bits per heavy atom. The molecule has 4 heteroatoms. The lowest BCUT2D eigenvalue weighted by Gasteiger charge is -2.36. The first-order valence-corrected chi connectivity index (χ1v) is 6.69. The van der Waals surface area contributed by atoms with E-state index in [1.54, 1.807) is 0 Å². The molecule has 104 valence electrons. The molecule has 1 heterocycles. The molecule has 1 saturated heterocycles. The van der Waals surface area contributed by atoms with Gasteiger partial charge in [-0.2, -0.15) is 0 Å². The van der Waals surface area contributed by atoms with E-state index in [1.807, 2.05) is 0 Å². The van der Waals surface area contributed by atoms with Crippen LogP contribution >= 0.6 is 0 Å². The fourth-order valence-corrected chi connectivity index (χ4v) is 2.55. The number of carbonyl (C=O) groups is 1. The van der Waals surface area contributed by atoms with Gasteiger partial charge in [0.2, 0.25) is 0 Å². The van der Waals surface area contributed by atoms with Crippen LogP contribution in [0, 0.1) is 17.6 Å². The molecule has 19 heavy (non-hydrogen) atoms. The van der Waals surface area contributed by atoms with Crippen LogP contribution in [0.2, 0.25) is 0 Å². The number of hydrogen-bond acceptors (Lipinski definition) is 2. The molecule has 0 saturated carbocycles. The number of halogens is 2. The van der Waals surface area contributed by atoms with E-state index in [2.05, 4.69) is 18.7 Å². The largest absolute Gasteiger partial charge is 0.293 e. The molecule has 0 aromatic heterocycles. The summed E-state index contributed by atoms with van der Waals surface area (Å²) < 4.78 is 26.0. The maximum atomic E-state index is 13.1. The highest BCUT2D eigenvalue weighted by atomic mass is 19.2. The second-order valence-corrected chi connectivity index (χ2v) is 5.51. The number of likely N-dealkylation sites (tertiary alicyclic amines) is 1. The number of carbonyl (C=O) groups excluding carboxylic acids is 1. The SMILES string of the molecule is CC1CCC(C)N(CC(=O)c2ccc(F)c(F)c2)C1. The summed E-state index contributed by atoms with van der Waals surface area (Å²) in [4.78, 5) is 14.2. The molecule has 0 bridgehead atoms. The van der Waals surface area contributed by atoms with Gasteiger partial charge >= 0.3 is 0 Å². The molecule has 0 spiro atoms. The Hall–Kier alpha value is -1.29. The molecule has 1 aliphatic heterocycles. The first-order valence-electron chi connectivity index (χ1n) is 6.69. The Bertz CT molecular complexity index is 475. The summed E-state index contributed by atoms with van der Waals surface area (Å²) in [6.45, 7) is 5.43. The average molecular weight is 267 g/mol. The third kappa shape index (κ3) is 3.38. The number of benzene rings is 1. The predicted molar refractivity (Wildman–Crippen MR) is 70.1 cm³/mol. The molecule has 0 aliphatic carbocycles. The second-order valence-electron chi connectivity index (χ2n) is 5.51. The third-order valence-electron chi connectivity index (χ3n) is 3.84. The first kappa shape index (κ1) is 14.1. The number of nitrogens with zero attached hydrogens (tertiary/aromatic N) is 1. The van der Waals surface area contributed by atoms with E-state index in [1.165, 1.54) is 12.5 Å². The fourth-order valence-electron chi connectivity index (χ4n) is 2.55. The van der Waals surface area contributed by atoms with Crippen molar-refractivity contribution in [2.24, 2.45) is 5.92 Å². The fraction of sp³-hybridized carbons (Fsp3) is 0.533. The van der Waals surface area contributed by atoms with Gasteiger partial charge in [-0.25, -0.2) is 8.78 Å². The highest BCUT2D eigenvalue weighted by Gasteiger charge is 2.25. The van der Waals surface area contributed by atoms with Crippen LogP contribution in [0.5, 0.6) is 0 Å². The Balaban J connectivity index is 2.05. The van der Waals surface area contributed by atoms with Crippen molar-refractivity contribution < 1.29 is 13.6 Å². The Morgan fingerprint density at radius 1 is 1.26 bits per heavy atom. The maximum Gasteiger partial charge on any atom is 0.176 e. The van der Waals surface area contributed by atoms with Crippen LogP contribution in [0.4, 0.5) is 8.78 Å². The van der Waals surface area contributed by atoms with Crippen LogP contribution < -0.4 is 0 Å². The predicted octanol–water partition coefficient (Wildman–Crippen LogP) is 3.27. The lowest BCUT2D eigenvalue weighted by Crippen LogP contribution is -2.43. The number of Topliss-reactive ketones (excluding diaryl/α,β-unsaturated/α-hetero) is 1. The van der Waals surface area contributed by atoms with E-state index in [0.29, 0.717) is 12.0 Å². The summed E-state index contributed by atoms with van der Waals surface area (Å²) in [6, 6.07) is 3.70. The molecule has 0 amide bonds. The maximum absolute atomic E-state index is 13.1. The monoisotopic (exact) mass is 267 g/mol. The van der Waals surface area contributed by atoms with Crippen LogP contribution in [-0.2, 0) is 0 Å². The number of rotatable bonds is 3. The Kier molecular flexibility index (Phi) is 4.30. The van der Waals surface area contributed by atoms with Crippen LogP contribution in [0.25, 0.3) is 0 Å². The van der Waals surface area contributed by atoms with Crippen molar-refractivity contribution in [1.29, 1.82) is 0 Å². The molecule has 2 nitrogen and oxygen atoms in total. The number of piperidine rings is 1. The lowest BCUT2D eigenvalue weighted by molar-refractivity contribution is 0.0805. The van der Waals surface area contributed by atoms with Crippen LogP contribution in [0.15, 0.2) is 18.2 Å². The van der Waals surface area contributed by atoms with Crippen molar-refractivity contribution in [3.8, 4) is 0 Å². The van der Waals surface area contributed by atoms with Gasteiger partial charge in [0, 0.05) is 18.2 Å². The molecule has 0 radical (unpaired) electrons. The van der Waals surface area contributed by atoms with Crippen LogP contribution in [0.3, 0.4) is 0 Å². The van der Waals surface area contributed by atoms with E-state index >= 15 is 0 Å². The van der Waals surface area contributed by atoms with Gasteiger partial charge in [-0.15, -0.1) is 0 Å². The molecular formula is C15H19F2NO. The summed E-state index contributed by atoms with van der Waals surface area (Å²) in [6.07, 6.45) is 2.25. The second kappa shape index (κ2) is 5.78. The summed E-state index contributed by atoms with van der Waals surface area (Å²) in [5.41, 5.74) is 0.240. The zero-order valence-electron chi connectivity index (χ0n) is 11.3. The number of ketones is 1. The Morgan fingerprint density at radius 3 is 2.68 bits per heavy atom. The minimum atomic E-state index is -0.967. The van der Waals surface area contributed by atoms with Crippen LogP contribution in [0.1, 0.15) is 37.0 Å². The lowest BCUT2D eigenvalue weighted by atomic mass is 9.94. The smallest absolute Gasteiger partial charge is 0.176 e. The van der Waals surface area contributed by atoms with Crippen molar-refractivity contribution >= 4 is 5.78 Å². The van der Waals surface area contributed by atoms with Gasteiger partial charge in [0.1, 0.15) is 0 Å². The van der Waals surface area contributed by atoms with Gasteiger partial charge in [-0.1, -0.05) is 6.92 Å². The zero-order valence-corrected chi connectivity index (χ0v) is 11.3. The van der Waals surface area contributed by atoms with E-state index < -0.39 is 11.6 Å². The topological polar surface area (TPSA) is 20.3 Å². The molecule has 1 aliphatic rings. The average Bonchev–Trinajstić information content (AvgIpc) is 2.37. The summed E-state index contributed by atoms with van der Waals surface area (Å²) in [5, 5.41) is 0. The Labute approximate surface area is 112 Å². The third-order valence-corrected chi connectivity index (χ3v) is 3.84. The highest BCUT2D eigenvalue weighted by molar-refractivity contribution is 5.97. The van der Waals surface area contributed by atoms with Crippen molar-refractivity contribution in [3.05, 3.63) is 35.4 Å². The van der Waals surface area contributed by atoms with Gasteiger partial charge in [-0.3, -0.25) is 9.69 Å². The molecule has 0 N–H and O–H groups in total. The van der Waals surface area contributed by atoms with Crippen LogP contribution in [-0.4, -0.2) is 29.8 Å². The molecule has 2 atom stereocenters. The molecule has 1 aromatic rings. The van der Waals surface area contributed by atoms with Gasteiger partial charge in [0.25, 0.3) is 0 Å².